The molecule has 1 saturated heterocycles. The average Bonchev–Trinajstić information content (AvgIpc) is 2.86. The van der Waals surface area contributed by atoms with Crippen LogP contribution in [-0.2, 0) is 16.0 Å². The standard InChI is InChI=1S/C12H16N2O6/c15-6-8-2-3-9(20-8)14-5-7(1-4-10(16)17)11(18)13-12(14)19/h5,8-9,15H,1-4,6H2,(H,16,17)(H,13,18,19). The Hall–Kier alpha value is -1.93. The van der Waals surface area contributed by atoms with E-state index in [1.807, 2.05) is 0 Å². The fourth-order valence-corrected chi connectivity index (χ4v) is 2.19. The van der Waals surface area contributed by atoms with Crippen LogP contribution in [0.4, 0.5) is 0 Å². The molecule has 1 aliphatic rings. The van der Waals surface area contributed by atoms with E-state index in [0.717, 1.165) is 0 Å². The van der Waals surface area contributed by atoms with Crippen LogP contribution in [0.3, 0.4) is 0 Å². The lowest BCUT2D eigenvalue weighted by Gasteiger charge is -2.15. The van der Waals surface area contributed by atoms with Crippen molar-refractivity contribution in [2.75, 3.05) is 6.61 Å². The number of nitrogens with zero attached hydrogens (tertiary/aromatic N) is 1. The van der Waals surface area contributed by atoms with Crippen molar-refractivity contribution in [1.82, 2.24) is 9.55 Å². The van der Waals surface area contributed by atoms with Crippen molar-refractivity contribution in [1.29, 1.82) is 0 Å². The van der Waals surface area contributed by atoms with Crippen LogP contribution < -0.4 is 11.2 Å². The Kier molecular flexibility index (Phi) is 4.35. The van der Waals surface area contributed by atoms with Crippen molar-refractivity contribution in [2.45, 2.75) is 38.0 Å². The van der Waals surface area contributed by atoms with E-state index in [2.05, 4.69) is 4.98 Å². The molecule has 2 heterocycles. The molecule has 1 fully saturated rings. The predicted octanol–water partition coefficient (Wildman–Crippen LogP) is -0.776. The van der Waals surface area contributed by atoms with Gasteiger partial charge in [0.25, 0.3) is 5.56 Å². The number of ether oxygens (including phenoxy) is 1. The van der Waals surface area contributed by atoms with Crippen molar-refractivity contribution in [3.8, 4) is 0 Å². The highest BCUT2D eigenvalue weighted by Gasteiger charge is 2.27. The van der Waals surface area contributed by atoms with E-state index < -0.39 is 23.4 Å². The molecule has 2 rings (SSSR count). The zero-order chi connectivity index (χ0) is 14.7. The number of rotatable bonds is 5. The summed E-state index contributed by atoms with van der Waals surface area (Å²) in [4.78, 5) is 36.1. The normalized spacial score (nSPS) is 22.1. The molecule has 0 spiro atoms. The van der Waals surface area contributed by atoms with E-state index in [4.69, 9.17) is 14.9 Å². The average molecular weight is 284 g/mol. The van der Waals surface area contributed by atoms with Gasteiger partial charge in [0.15, 0.2) is 0 Å². The van der Waals surface area contributed by atoms with E-state index in [1.54, 1.807) is 0 Å². The number of hydrogen-bond acceptors (Lipinski definition) is 5. The minimum absolute atomic E-state index is 0.0428. The fraction of sp³-hybridized carbons (Fsp3) is 0.583. The largest absolute Gasteiger partial charge is 0.481 e. The molecular formula is C12H16N2O6. The van der Waals surface area contributed by atoms with Crippen LogP contribution in [0.5, 0.6) is 0 Å². The first-order valence-corrected chi connectivity index (χ1v) is 6.33. The summed E-state index contributed by atoms with van der Waals surface area (Å²) in [5, 5.41) is 17.6. The Labute approximate surface area is 113 Å². The first-order chi connectivity index (χ1) is 9.51. The Morgan fingerprint density at radius 3 is 2.80 bits per heavy atom. The summed E-state index contributed by atoms with van der Waals surface area (Å²) in [6.45, 7) is -0.125. The molecule has 0 saturated carbocycles. The van der Waals surface area contributed by atoms with E-state index in [0.29, 0.717) is 12.8 Å². The second-order valence-electron chi connectivity index (χ2n) is 4.69. The predicted molar refractivity (Wildman–Crippen MR) is 67.5 cm³/mol. The molecule has 1 aromatic rings. The SMILES string of the molecule is O=C(O)CCc1cn(C2CCC(CO)O2)c(=O)[nH]c1=O. The number of H-pyrrole nitrogens is 1. The number of carbonyl (C=O) groups is 1. The lowest BCUT2D eigenvalue weighted by Crippen LogP contribution is -2.34. The van der Waals surface area contributed by atoms with Crippen LogP contribution in [-0.4, -0.2) is 38.4 Å². The topological polar surface area (TPSA) is 122 Å². The molecule has 2 atom stereocenters. The van der Waals surface area contributed by atoms with Gasteiger partial charge in [-0.05, 0) is 19.3 Å². The van der Waals surface area contributed by atoms with Crippen molar-refractivity contribution in [3.05, 3.63) is 32.6 Å². The highest BCUT2D eigenvalue weighted by atomic mass is 16.5. The minimum Gasteiger partial charge on any atom is -0.481 e. The maximum absolute atomic E-state index is 11.8. The molecule has 3 N–H and O–H groups in total. The molecular weight excluding hydrogens is 268 g/mol. The number of hydrogen-bond donors (Lipinski definition) is 3. The van der Waals surface area contributed by atoms with Gasteiger partial charge in [-0.15, -0.1) is 0 Å². The Bertz CT molecular complexity index is 605. The summed E-state index contributed by atoms with van der Waals surface area (Å²) in [7, 11) is 0. The van der Waals surface area contributed by atoms with Crippen molar-refractivity contribution >= 4 is 5.97 Å². The van der Waals surface area contributed by atoms with Crippen LogP contribution in [0, 0.1) is 0 Å². The number of nitrogens with one attached hydrogen (secondary N) is 1. The van der Waals surface area contributed by atoms with Gasteiger partial charge >= 0.3 is 11.7 Å². The van der Waals surface area contributed by atoms with E-state index in [1.165, 1.54) is 10.8 Å². The third kappa shape index (κ3) is 3.14. The number of aliphatic hydroxyl groups excluding tert-OH is 1. The number of aromatic amines is 1. The first kappa shape index (κ1) is 14.5. The first-order valence-electron chi connectivity index (χ1n) is 6.33. The Morgan fingerprint density at radius 1 is 1.45 bits per heavy atom. The molecule has 2 unspecified atom stereocenters. The number of carboxylic acid groups (broad SMARTS) is 1. The van der Waals surface area contributed by atoms with E-state index >= 15 is 0 Å². The highest BCUT2D eigenvalue weighted by Crippen LogP contribution is 2.26. The summed E-state index contributed by atoms with van der Waals surface area (Å²) in [5.41, 5.74) is -0.954. The van der Waals surface area contributed by atoms with Crippen molar-refractivity contribution < 1.29 is 19.7 Å². The van der Waals surface area contributed by atoms with Crippen LogP contribution in [0.25, 0.3) is 0 Å². The Morgan fingerprint density at radius 2 is 2.20 bits per heavy atom. The zero-order valence-electron chi connectivity index (χ0n) is 10.7. The van der Waals surface area contributed by atoms with Crippen LogP contribution in [0.15, 0.2) is 15.8 Å². The third-order valence-electron chi connectivity index (χ3n) is 3.25. The second-order valence-corrected chi connectivity index (χ2v) is 4.69. The smallest absolute Gasteiger partial charge is 0.330 e. The lowest BCUT2D eigenvalue weighted by atomic mass is 10.2. The van der Waals surface area contributed by atoms with Gasteiger partial charge in [0, 0.05) is 18.2 Å². The molecule has 8 heteroatoms. The van der Waals surface area contributed by atoms with Gasteiger partial charge in [0.2, 0.25) is 0 Å². The molecule has 0 radical (unpaired) electrons. The number of aryl methyl sites for hydroxylation is 1. The number of aliphatic carboxylic acids is 1. The fourth-order valence-electron chi connectivity index (χ4n) is 2.19. The van der Waals surface area contributed by atoms with Gasteiger partial charge in [-0.3, -0.25) is 19.1 Å². The van der Waals surface area contributed by atoms with Gasteiger partial charge in [-0.1, -0.05) is 0 Å². The molecule has 110 valence electrons. The lowest BCUT2D eigenvalue weighted by molar-refractivity contribution is -0.136. The molecule has 0 bridgehead atoms. The number of carboxylic acids is 1. The molecule has 0 aromatic carbocycles. The summed E-state index contributed by atoms with van der Waals surface area (Å²) >= 11 is 0. The molecule has 20 heavy (non-hydrogen) atoms. The van der Waals surface area contributed by atoms with Gasteiger partial charge in [0.1, 0.15) is 6.23 Å². The summed E-state index contributed by atoms with van der Waals surface area (Å²) in [6, 6.07) is 0. The highest BCUT2D eigenvalue weighted by molar-refractivity contribution is 5.67. The molecule has 1 aliphatic heterocycles. The molecule has 0 amide bonds. The number of aliphatic hydroxyl groups is 1. The summed E-state index contributed by atoms with van der Waals surface area (Å²) < 4.78 is 6.72. The van der Waals surface area contributed by atoms with Crippen LogP contribution >= 0.6 is 0 Å². The summed E-state index contributed by atoms with van der Waals surface area (Å²) in [5.74, 6) is -1.01. The van der Waals surface area contributed by atoms with Crippen LogP contribution in [0.1, 0.15) is 31.1 Å². The molecule has 1 aromatic heterocycles. The molecule has 0 aliphatic carbocycles. The third-order valence-corrected chi connectivity index (χ3v) is 3.25. The minimum atomic E-state index is -1.01. The van der Waals surface area contributed by atoms with Gasteiger partial charge < -0.3 is 14.9 Å². The van der Waals surface area contributed by atoms with E-state index in [9.17, 15) is 14.4 Å². The van der Waals surface area contributed by atoms with Gasteiger partial charge in [-0.25, -0.2) is 4.79 Å². The second kappa shape index (κ2) is 6.02. The van der Waals surface area contributed by atoms with Gasteiger partial charge in [-0.2, -0.15) is 0 Å². The van der Waals surface area contributed by atoms with Crippen LogP contribution in [0.2, 0.25) is 0 Å². The maximum atomic E-state index is 11.8. The zero-order valence-corrected chi connectivity index (χ0v) is 10.7. The summed E-state index contributed by atoms with van der Waals surface area (Å²) in [6.07, 6.45) is 1.51. The van der Waals surface area contributed by atoms with Crippen molar-refractivity contribution in [2.24, 2.45) is 0 Å². The quantitative estimate of drug-likeness (QED) is 0.652. The monoisotopic (exact) mass is 284 g/mol. The Balaban J connectivity index is 2.25. The number of aromatic nitrogens is 2. The van der Waals surface area contributed by atoms with Crippen molar-refractivity contribution in [3.63, 3.8) is 0 Å². The van der Waals surface area contributed by atoms with Gasteiger partial charge in [0.05, 0.1) is 12.7 Å². The van der Waals surface area contributed by atoms with E-state index in [-0.39, 0.29) is 31.1 Å². The maximum Gasteiger partial charge on any atom is 0.330 e. The molecule has 8 nitrogen and oxygen atoms in total.